The molecule has 0 unspecified atom stereocenters. The highest BCUT2D eigenvalue weighted by Crippen LogP contribution is 2.19. The molecule has 1 aliphatic rings. The van der Waals surface area contributed by atoms with Gasteiger partial charge < -0.3 is 19.7 Å². The number of urea groups is 1. The van der Waals surface area contributed by atoms with Crippen molar-refractivity contribution in [3.8, 4) is 5.75 Å². The fourth-order valence-corrected chi connectivity index (χ4v) is 2.49. The Morgan fingerprint density at radius 3 is 2.91 bits per heavy atom. The number of benzene rings is 1. The first-order valence-corrected chi connectivity index (χ1v) is 8.01. The first-order valence-electron chi connectivity index (χ1n) is 8.01. The van der Waals surface area contributed by atoms with Crippen LogP contribution in [-0.4, -0.2) is 43.3 Å². The number of amides is 2. The van der Waals surface area contributed by atoms with E-state index in [0.717, 1.165) is 19.4 Å². The van der Waals surface area contributed by atoms with Crippen LogP contribution in [0.15, 0.2) is 18.2 Å². The van der Waals surface area contributed by atoms with E-state index >= 15 is 0 Å². The van der Waals surface area contributed by atoms with E-state index in [1.54, 1.807) is 24.1 Å². The van der Waals surface area contributed by atoms with Crippen LogP contribution in [0.5, 0.6) is 5.75 Å². The molecule has 0 radical (unpaired) electrons. The monoisotopic (exact) mass is 324 g/mol. The van der Waals surface area contributed by atoms with Crippen LogP contribution in [0, 0.1) is 5.82 Å². The van der Waals surface area contributed by atoms with E-state index in [9.17, 15) is 9.18 Å². The average Bonchev–Trinajstić information content (AvgIpc) is 2.99. The van der Waals surface area contributed by atoms with Crippen molar-refractivity contribution >= 4 is 6.03 Å². The van der Waals surface area contributed by atoms with Crippen molar-refractivity contribution < 1.29 is 18.7 Å². The van der Waals surface area contributed by atoms with Crippen molar-refractivity contribution in [3.63, 3.8) is 0 Å². The van der Waals surface area contributed by atoms with Gasteiger partial charge in [-0.3, -0.25) is 0 Å². The van der Waals surface area contributed by atoms with Gasteiger partial charge in [-0.15, -0.1) is 0 Å². The fourth-order valence-electron chi connectivity index (χ4n) is 2.49. The molecule has 1 saturated heterocycles. The van der Waals surface area contributed by atoms with Gasteiger partial charge in [0.15, 0.2) is 11.6 Å². The molecule has 1 aromatic rings. The number of rotatable bonds is 6. The van der Waals surface area contributed by atoms with Gasteiger partial charge in [-0.1, -0.05) is 6.07 Å². The molecule has 0 saturated carbocycles. The zero-order valence-electron chi connectivity index (χ0n) is 14.0. The Labute approximate surface area is 136 Å². The highest BCUT2D eigenvalue weighted by molar-refractivity contribution is 5.73. The minimum absolute atomic E-state index is 0.0819. The largest absolute Gasteiger partial charge is 0.488 e. The normalized spacial score (nSPS) is 17.3. The number of nitrogens with one attached hydrogen (secondary N) is 1. The van der Waals surface area contributed by atoms with Gasteiger partial charge in [-0.05, 0) is 44.4 Å². The van der Waals surface area contributed by atoms with Gasteiger partial charge in [-0.2, -0.15) is 0 Å². The summed E-state index contributed by atoms with van der Waals surface area (Å²) in [6, 6.07) is 4.54. The number of carbonyl (C=O) groups excluding carboxylic acids is 1. The Balaban J connectivity index is 1.82. The van der Waals surface area contributed by atoms with Gasteiger partial charge >= 0.3 is 6.03 Å². The van der Waals surface area contributed by atoms with Gasteiger partial charge in [-0.25, -0.2) is 9.18 Å². The summed E-state index contributed by atoms with van der Waals surface area (Å²) in [5.41, 5.74) is 0.692. The molecule has 0 bridgehead atoms. The molecule has 1 aromatic carbocycles. The maximum atomic E-state index is 13.9. The molecule has 23 heavy (non-hydrogen) atoms. The molecule has 0 spiro atoms. The minimum Gasteiger partial charge on any atom is -0.488 e. The molecule has 1 fully saturated rings. The lowest BCUT2D eigenvalue weighted by molar-refractivity contribution is 0.0874. The molecule has 2 rings (SSSR count). The molecule has 6 heteroatoms. The first kappa shape index (κ1) is 17.5. The van der Waals surface area contributed by atoms with Gasteiger partial charge in [0.25, 0.3) is 0 Å². The number of halogens is 1. The molecule has 1 N–H and O–H groups in total. The van der Waals surface area contributed by atoms with Gasteiger partial charge in [0.05, 0.1) is 12.2 Å². The quantitative estimate of drug-likeness (QED) is 0.875. The summed E-state index contributed by atoms with van der Waals surface area (Å²) in [6.07, 6.45) is 2.07. The van der Waals surface area contributed by atoms with Crippen molar-refractivity contribution in [1.82, 2.24) is 10.2 Å². The van der Waals surface area contributed by atoms with Crippen LogP contribution >= 0.6 is 0 Å². The zero-order valence-corrected chi connectivity index (χ0v) is 14.0. The lowest BCUT2D eigenvalue weighted by atomic mass is 10.2. The van der Waals surface area contributed by atoms with Crippen molar-refractivity contribution in [2.75, 3.05) is 20.2 Å². The number of hydrogen-bond acceptors (Lipinski definition) is 3. The molecular formula is C17H25FN2O3. The van der Waals surface area contributed by atoms with Crippen molar-refractivity contribution in [1.29, 1.82) is 0 Å². The van der Waals surface area contributed by atoms with Gasteiger partial charge in [0.2, 0.25) is 0 Å². The highest BCUT2D eigenvalue weighted by Gasteiger charge is 2.19. The standard InChI is InChI=1S/C17H25FN2O3/c1-12(2)23-16-7-6-13(9-15(16)18)10-19-17(21)20(3)11-14-5-4-8-22-14/h6-7,9,12,14H,4-5,8,10-11H2,1-3H3,(H,19,21)/t14-/m1/s1. The molecule has 0 aromatic heterocycles. The van der Waals surface area contributed by atoms with Crippen LogP contribution < -0.4 is 10.1 Å². The van der Waals surface area contributed by atoms with Crippen LogP contribution in [0.4, 0.5) is 9.18 Å². The van der Waals surface area contributed by atoms with Crippen LogP contribution in [0.25, 0.3) is 0 Å². The SMILES string of the molecule is CC(C)Oc1ccc(CNC(=O)N(C)C[C@H]2CCCO2)cc1F. The minimum atomic E-state index is -0.418. The Bertz CT molecular complexity index is 531. The maximum Gasteiger partial charge on any atom is 0.317 e. The Morgan fingerprint density at radius 1 is 1.52 bits per heavy atom. The molecular weight excluding hydrogens is 299 g/mol. The fraction of sp³-hybridized carbons (Fsp3) is 0.588. The number of hydrogen-bond donors (Lipinski definition) is 1. The average molecular weight is 324 g/mol. The second-order valence-electron chi connectivity index (χ2n) is 6.11. The summed E-state index contributed by atoms with van der Waals surface area (Å²) in [6.45, 7) is 5.30. The Hall–Kier alpha value is -1.82. The van der Waals surface area contributed by atoms with E-state index in [1.807, 2.05) is 13.8 Å². The third-order valence-electron chi connectivity index (χ3n) is 3.65. The molecule has 2 amide bonds. The van der Waals surface area contributed by atoms with Crippen LogP contribution in [-0.2, 0) is 11.3 Å². The van der Waals surface area contributed by atoms with Crippen molar-refractivity contribution in [2.24, 2.45) is 0 Å². The first-order chi connectivity index (χ1) is 11.0. The third-order valence-corrected chi connectivity index (χ3v) is 3.65. The summed E-state index contributed by atoms with van der Waals surface area (Å²) in [5.74, 6) is -0.191. The summed E-state index contributed by atoms with van der Waals surface area (Å²) in [5, 5.41) is 2.78. The zero-order chi connectivity index (χ0) is 16.8. The molecule has 1 aliphatic heterocycles. The van der Waals surface area contributed by atoms with E-state index in [0.29, 0.717) is 12.1 Å². The van der Waals surface area contributed by atoms with Gasteiger partial charge in [0, 0.05) is 26.7 Å². The van der Waals surface area contributed by atoms with Crippen molar-refractivity contribution in [3.05, 3.63) is 29.6 Å². The van der Waals surface area contributed by atoms with Crippen molar-refractivity contribution in [2.45, 2.75) is 45.4 Å². The maximum absolute atomic E-state index is 13.9. The third kappa shape index (κ3) is 5.39. The van der Waals surface area contributed by atoms with Crippen LogP contribution in [0.3, 0.4) is 0 Å². The predicted molar refractivity (Wildman–Crippen MR) is 86.0 cm³/mol. The van der Waals surface area contributed by atoms with E-state index < -0.39 is 5.82 Å². The Kier molecular flexibility index (Phi) is 6.21. The predicted octanol–water partition coefficient (Wildman–Crippen LogP) is 2.93. The lowest BCUT2D eigenvalue weighted by Crippen LogP contribution is -2.40. The summed E-state index contributed by atoms with van der Waals surface area (Å²) in [4.78, 5) is 13.6. The topological polar surface area (TPSA) is 50.8 Å². The molecule has 1 atom stereocenters. The second kappa shape index (κ2) is 8.15. The summed E-state index contributed by atoms with van der Waals surface area (Å²) < 4.78 is 24.8. The van der Waals surface area contributed by atoms with Gasteiger partial charge in [0.1, 0.15) is 0 Å². The lowest BCUT2D eigenvalue weighted by Gasteiger charge is -2.21. The Morgan fingerprint density at radius 2 is 2.30 bits per heavy atom. The molecule has 0 aliphatic carbocycles. The van der Waals surface area contributed by atoms with Crippen LogP contribution in [0.1, 0.15) is 32.3 Å². The van der Waals surface area contributed by atoms with E-state index in [4.69, 9.17) is 9.47 Å². The summed E-state index contributed by atoms with van der Waals surface area (Å²) in [7, 11) is 1.73. The number of carbonyl (C=O) groups is 1. The van der Waals surface area contributed by atoms with E-state index in [1.165, 1.54) is 6.07 Å². The summed E-state index contributed by atoms with van der Waals surface area (Å²) >= 11 is 0. The van der Waals surface area contributed by atoms with E-state index in [2.05, 4.69) is 5.32 Å². The highest BCUT2D eigenvalue weighted by atomic mass is 19.1. The van der Waals surface area contributed by atoms with E-state index in [-0.39, 0.29) is 30.5 Å². The molecule has 5 nitrogen and oxygen atoms in total. The van der Waals surface area contributed by atoms with Crippen LogP contribution in [0.2, 0.25) is 0 Å². The second-order valence-corrected chi connectivity index (χ2v) is 6.11. The number of ether oxygens (including phenoxy) is 2. The number of likely N-dealkylation sites (N-methyl/N-ethyl adjacent to an activating group) is 1. The number of nitrogens with zero attached hydrogens (tertiary/aromatic N) is 1. The molecule has 1 heterocycles. The molecule has 128 valence electrons. The smallest absolute Gasteiger partial charge is 0.317 e.